The summed E-state index contributed by atoms with van der Waals surface area (Å²) in [5, 5.41) is 0. The molecular formula is C8H14. The molecule has 0 aromatic carbocycles. The second-order valence-electron chi connectivity index (χ2n) is 3.38. The standard InChI is InChI=1S/C8H14/c1-2-4-7(3-1)8-5-6-8/h7-8H,1-6H2. The summed E-state index contributed by atoms with van der Waals surface area (Å²) in [7, 11) is 0. The first kappa shape index (κ1) is 4.84. The van der Waals surface area contributed by atoms with Gasteiger partial charge in [0.15, 0.2) is 0 Å². The highest BCUT2D eigenvalue weighted by atomic mass is 14.4. The van der Waals surface area contributed by atoms with Crippen LogP contribution in [0.15, 0.2) is 0 Å². The molecule has 0 nitrogen and oxygen atoms in total. The monoisotopic (exact) mass is 110 g/mol. The van der Waals surface area contributed by atoms with Crippen molar-refractivity contribution in [3.05, 3.63) is 0 Å². The smallest absolute Gasteiger partial charge is 0.0386 e. The number of hydrogen-bond acceptors (Lipinski definition) is 0. The predicted octanol–water partition coefficient (Wildman–Crippen LogP) is 2.59. The minimum absolute atomic E-state index is 1.18. The maximum atomic E-state index is 1.56. The highest BCUT2D eigenvalue weighted by Crippen LogP contribution is 2.44. The van der Waals surface area contributed by atoms with E-state index in [0.717, 1.165) is 0 Å². The molecule has 0 amide bonds. The molecule has 2 saturated carbocycles. The third-order valence-corrected chi connectivity index (χ3v) is 2.69. The van der Waals surface area contributed by atoms with E-state index in [4.69, 9.17) is 0 Å². The molecule has 2 rings (SSSR count). The van der Waals surface area contributed by atoms with Gasteiger partial charge in [-0.2, -0.15) is 0 Å². The molecule has 0 heteroatoms. The third-order valence-electron chi connectivity index (χ3n) is 2.69. The summed E-state index contributed by atoms with van der Waals surface area (Å²) in [6, 6.07) is 0. The van der Waals surface area contributed by atoms with Crippen molar-refractivity contribution in [2.45, 2.75) is 38.5 Å². The predicted molar refractivity (Wildman–Crippen MR) is 34.7 cm³/mol. The van der Waals surface area contributed by atoms with Crippen molar-refractivity contribution in [1.82, 2.24) is 0 Å². The number of rotatable bonds is 1. The molecule has 0 spiro atoms. The van der Waals surface area contributed by atoms with Gasteiger partial charge in [0.25, 0.3) is 0 Å². The zero-order valence-electron chi connectivity index (χ0n) is 5.40. The van der Waals surface area contributed by atoms with Crippen molar-refractivity contribution in [3.63, 3.8) is 0 Å². The molecule has 2 aliphatic carbocycles. The minimum Gasteiger partial charge on any atom is -0.0530 e. The molecule has 0 N–H and O–H groups in total. The van der Waals surface area contributed by atoms with E-state index in [1.807, 2.05) is 0 Å². The van der Waals surface area contributed by atoms with E-state index in [0.29, 0.717) is 0 Å². The Bertz CT molecular complexity index is 76.0. The fourth-order valence-electron chi connectivity index (χ4n) is 2.00. The van der Waals surface area contributed by atoms with Gasteiger partial charge < -0.3 is 0 Å². The van der Waals surface area contributed by atoms with Crippen LogP contribution in [0.25, 0.3) is 0 Å². The Morgan fingerprint density at radius 3 is 1.62 bits per heavy atom. The molecule has 46 valence electrons. The first-order valence-corrected chi connectivity index (χ1v) is 3.97. The lowest BCUT2D eigenvalue weighted by atomic mass is 10.0. The van der Waals surface area contributed by atoms with E-state index in [1.54, 1.807) is 25.7 Å². The maximum absolute atomic E-state index is 1.56. The van der Waals surface area contributed by atoms with Crippen molar-refractivity contribution in [3.8, 4) is 0 Å². The van der Waals surface area contributed by atoms with Gasteiger partial charge >= 0.3 is 0 Å². The van der Waals surface area contributed by atoms with E-state index in [2.05, 4.69) is 0 Å². The molecule has 0 atom stereocenters. The zero-order valence-corrected chi connectivity index (χ0v) is 5.40. The summed E-state index contributed by atoms with van der Waals surface area (Å²) in [5.41, 5.74) is 0. The zero-order chi connectivity index (χ0) is 5.40. The van der Waals surface area contributed by atoms with Crippen LogP contribution in [0.1, 0.15) is 38.5 Å². The molecular weight excluding hydrogens is 96.1 g/mol. The molecule has 2 fully saturated rings. The summed E-state index contributed by atoms with van der Waals surface area (Å²) in [4.78, 5) is 0. The largest absolute Gasteiger partial charge is 0.0530 e. The third kappa shape index (κ3) is 0.765. The lowest BCUT2D eigenvalue weighted by Crippen LogP contribution is -1.93. The molecule has 0 radical (unpaired) electrons. The van der Waals surface area contributed by atoms with Crippen LogP contribution in [0.4, 0.5) is 0 Å². The summed E-state index contributed by atoms with van der Waals surface area (Å²) < 4.78 is 0. The normalized spacial score (nSPS) is 31.5. The average Bonchev–Trinajstić information content (AvgIpc) is 2.49. The van der Waals surface area contributed by atoms with E-state index < -0.39 is 0 Å². The molecule has 8 heavy (non-hydrogen) atoms. The fraction of sp³-hybridized carbons (Fsp3) is 1.00. The van der Waals surface area contributed by atoms with Crippen LogP contribution in [0.5, 0.6) is 0 Å². The second-order valence-corrected chi connectivity index (χ2v) is 3.38. The minimum atomic E-state index is 1.18. The molecule has 0 heterocycles. The van der Waals surface area contributed by atoms with Crippen molar-refractivity contribution in [2.24, 2.45) is 11.8 Å². The van der Waals surface area contributed by atoms with Crippen molar-refractivity contribution in [2.75, 3.05) is 0 Å². The van der Waals surface area contributed by atoms with E-state index in [1.165, 1.54) is 24.7 Å². The van der Waals surface area contributed by atoms with Gasteiger partial charge in [-0.15, -0.1) is 0 Å². The van der Waals surface area contributed by atoms with Gasteiger partial charge in [-0.25, -0.2) is 0 Å². The molecule has 0 aromatic rings. The topological polar surface area (TPSA) is 0 Å². The van der Waals surface area contributed by atoms with Gasteiger partial charge in [0.05, 0.1) is 0 Å². The Kier molecular flexibility index (Phi) is 1.06. The Hall–Kier alpha value is 0. The van der Waals surface area contributed by atoms with Crippen LogP contribution in [0.2, 0.25) is 0 Å². The molecule has 0 unspecified atom stereocenters. The first-order chi connectivity index (χ1) is 3.97. The van der Waals surface area contributed by atoms with E-state index in [9.17, 15) is 0 Å². The SMILES string of the molecule is C1CCC(C2CC2)C1. The summed E-state index contributed by atoms with van der Waals surface area (Å²) in [6.07, 6.45) is 9.30. The van der Waals surface area contributed by atoms with E-state index >= 15 is 0 Å². The molecule has 0 aromatic heterocycles. The summed E-state index contributed by atoms with van der Waals surface area (Å²) in [6.45, 7) is 0. The molecule has 0 saturated heterocycles. The van der Waals surface area contributed by atoms with Gasteiger partial charge in [-0.1, -0.05) is 25.7 Å². The van der Waals surface area contributed by atoms with Crippen LogP contribution in [0.3, 0.4) is 0 Å². The summed E-state index contributed by atoms with van der Waals surface area (Å²) >= 11 is 0. The second kappa shape index (κ2) is 1.75. The van der Waals surface area contributed by atoms with Gasteiger partial charge in [-0.05, 0) is 24.7 Å². The van der Waals surface area contributed by atoms with Crippen LogP contribution < -0.4 is 0 Å². The van der Waals surface area contributed by atoms with Crippen LogP contribution in [0, 0.1) is 11.8 Å². The van der Waals surface area contributed by atoms with Gasteiger partial charge in [-0.3, -0.25) is 0 Å². The fourth-order valence-corrected chi connectivity index (χ4v) is 2.00. The quantitative estimate of drug-likeness (QED) is 0.486. The van der Waals surface area contributed by atoms with Gasteiger partial charge in [0.2, 0.25) is 0 Å². The lowest BCUT2D eigenvalue weighted by Gasteiger charge is -2.02. The Labute approximate surface area is 51.3 Å². The van der Waals surface area contributed by atoms with Gasteiger partial charge in [0, 0.05) is 0 Å². The summed E-state index contributed by atoms with van der Waals surface area (Å²) in [5.74, 6) is 2.37. The highest BCUT2D eigenvalue weighted by Gasteiger charge is 2.32. The lowest BCUT2D eigenvalue weighted by molar-refractivity contribution is 0.480. The molecule has 0 aliphatic heterocycles. The highest BCUT2D eigenvalue weighted by molar-refractivity contribution is 4.83. The Morgan fingerprint density at radius 2 is 1.12 bits per heavy atom. The molecule has 2 aliphatic rings. The van der Waals surface area contributed by atoms with E-state index in [-0.39, 0.29) is 0 Å². The Balaban J connectivity index is 1.86. The first-order valence-electron chi connectivity index (χ1n) is 3.97. The average molecular weight is 110 g/mol. The van der Waals surface area contributed by atoms with Crippen molar-refractivity contribution in [1.29, 1.82) is 0 Å². The van der Waals surface area contributed by atoms with Crippen LogP contribution in [-0.2, 0) is 0 Å². The van der Waals surface area contributed by atoms with Gasteiger partial charge in [0.1, 0.15) is 0 Å². The van der Waals surface area contributed by atoms with Crippen molar-refractivity contribution < 1.29 is 0 Å². The number of hydrogen-bond donors (Lipinski definition) is 0. The van der Waals surface area contributed by atoms with Crippen molar-refractivity contribution >= 4 is 0 Å². The van der Waals surface area contributed by atoms with Crippen LogP contribution in [-0.4, -0.2) is 0 Å². The maximum Gasteiger partial charge on any atom is -0.0386 e. The Morgan fingerprint density at radius 1 is 0.625 bits per heavy atom. The molecule has 0 bridgehead atoms. The van der Waals surface area contributed by atoms with Crippen LogP contribution >= 0.6 is 0 Å².